The summed E-state index contributed by atoms with van der Waals surface area (Å²) in [4.78, 5) is 0. The molecule has 1 heteroatoms. The van der Waals surface area contributed by atoms with Gasteiger partial charge in [0.1, 0.15) is 0 Å². The minimum absolute atomic E-state index is 0. The molecule has 96 valence electrons. The second kappa shape index (κ2) is 5.30. The van der Waals surface area contributed by atoms with Gasteiger partial charge in [0, 0.05) is 26.2 Å². The third-order valence-electron chi connectivity index (χ3n) is 4.12. The predicted molar refractivity (Wildman–Crippen MR) is 80.0 cm³/mol. The van der Waals surface area contributed by atoms with E-state index in [-0.39, 0.29) is 26.2 Å². The molecule has 2 aliphatic carbocycles. The Morgan fingerprint density at radius 1 is 1.10 bits per heavy atom. The molecular weight excluding hydrogens is 319 g/mol. The summed E-state index contributed by atoms with van der Waals surface area (Å²) in [6.45, 7) is 2.20. The molecule has 0 unspecified atom stereocenters. The molecule has 4 rings (SSSR count). The quantitative estimate of drug-likeness (QED) is 0.566. The van der Waals surface area contributed by atoms with E-state index in [0.717, 1.165) is 12.8 Å². The van der Waals surface area contributed by atoms with Crippen molar-refractivity contribution in [2.24, 2.45) is 0 Å². The summed E-state index contributed by atoms with van der Waals surface area (Å²) in [6.07, 6.45) is 8.64. The van der Waals surface area contributed by atoms with Gasteiger partial charge in [0.15, 0.2) is 0 Å². The van der Waals surface area contributed by atoms with E-state index >= 15 is 0 Å². The zero-order valence-corrected chi connectivity index (χ0v) is 14.0. The van der Waals surface area contributed by atoms with E-state index < -0.39 is 0 Å². The number of aryl methyl sites for hydroxylation is 1. The van der Waals surface area contributed by atoms with Crippen LogP contribution >= 0.6 is 0 Å². The van der Waals surface area contributed by atoms with Gasteiger partial charge in [0.05, 0.1) is 0 Å². The van der Waals surface area contributed by atoms with Gasteiger partial charge in [0.2, 0.25) is 0 Å². The van der Waals surface area contributed by atoms with Crippen molar-refractivity contribution >= 4 is 5.57 Å². The number of fused-ring (bicyclic) bond motifs is 3. The van der Waals surface area contributed by atoms with Gasteiger partial charge in [-0.3, -0.25) is 0 Å². The summed E-state index contributed by atoms with van der Waals surface area (Å²) in [5, 5.41) is 0. The summed E-state index contributed by atoms with van der Waals surface area (Å²) >= 11 is 0. The van der Waals surface area contributed by atoms with Crippen LogP contribution in [0.1, 0.15) is 28.7 Å². The molecule has 0 aromatic heterocycles. The summed E-state index contributed by atoms with van der Waals surface area (Å²) in [5.41, 5.74) is 9.60. The number of benzene rings is 2. The predicted octanol–water partition coefficient (Wildman–Crippen LogP) is 4.71. The first-order valence-electron chi connectivity index (χ1n) is 6.83. The summed E-state index contributed by atoms with van der Waals surface area (Å²) in [6, 6.07) is 14.7. The number of hydrogen-bond donors (Lipinski definition) is 0. The van der Waals surface area contributed by atoms with Gasteiger partial charge in [0.25, 0.3) is 0 Å². The second-order valence-electron chi connectivity index (χ2n) is 5.38. The second-order valence-corrected chi connectivity index (χ2v) is 5.38. The van der Waals surface area contributed by atoms with Crippen molar-refractivity contribution in [3.63, 3.8) is 0 Å². The molecule has 0 radical (unpaired) electrons. The normalized spacial score (nSPS) is 14.6. The maximum absolute atomic E-state index is 3.67. The van der Waals surface area contributed by atoms with Crippen LogP contribution in [0.4, 0.5) is 0 Å². The molecule has 0 amide bonds. The van der Waals surface area contributed by atoms with Crippen molar-refractivity contribution in [1.29, 1.82) is 0 Å². The van der Waals surface area contributed by atoms with Crippen LogP contribution in [0.15, 0.2) is 48.6 Å². The van der Waals surface area contributed by atoms with Crippen LogP contribution in [0.3, 0.4) is 0 Å². The van der Waals surface area contributed by atoms with Crippen molar-refractivity contribution in [2.75, 3.05) is 0 Å². The Morgan fingerprint density at radius 3 is 2.75 bits per heavy atom. The van der Waals surface area contributed by atoms with Crippen molar-refractivity contribution in [3.8, 4) is 11.1 Å². The monoisotopic (exact) mass is 333 g/mol. The van der Waals surface area contributed by atoms with Crippen LogP contribution in [-0.2, 0) is 32.6 Å². The van der Waals surface area contributed by atoms with E-state index in [2.05, 4.69) is 61.5 Å². The van der Waals surface area contributed by atoms with Gasteiger partial charge in [-0.2, -0.15) is 0 Å². The van der Waals surface area contributed by atoms with E-state index in [0.29, 0.717) is 0 Å². The number of rotatable bonds is 1. The summed E-state index contributed by atoms with van der Waals surface area (Å²) in [5.74, 6) is 0. The van der Waals surface area contributed by atoms with E-state index in [1.54, 1.807) is 0 Å². The van der Waals surface area contributed by atoms with Crippen molar-refractivity contribution in [3.05, 3.63) is 76.9 Å². The largest absolute Gasteiger partial charge is 0.144 e. The van der Waals surface area contributed by atoms with Crippen LogP contribution in [0.25, 0.3) is 16.7 Å². The Morgan fingerprint density at radius 2 is 1.95 bits per heavy atom. The molecular formula is C19H15Zr-. The first-order chi connectivity index (χ1) is 9.33. The molecule has 0 saturated carbocycles. The molecule has 0 N–H and O–H groups in total. The van der Waals surface area contributed by atoms with Gasteiger partial charge >= 0.3 is 0 Å². The molecule has 0 heterocycles. The molecule has 2 aromatic rings. The molecule has 2 aromatic carbocycles. The van der Waals surface area contributed by atoms with Crippen molar-refractivity contribution in [1.82, 2.24) is 0 Å². The molecule has 20 heavy (non-hydrogen) atoms. The average Bonchev–Trinajstić information content (AvgIpc) is 3.04. The maximum Gasteiger partial charge on any atom is 0 e. The van der Waals surface area contributed by atoms with Gasteiger partial charge in [-0.25, -0.2) is 0 Å². The van der Waals surface area contributed by atoms with E-state index in [1.807, 2.05) is 0 Å². The average molecular weight is 335 g/mol. The molecule has 2 aliphatic rings. The Balaban J connectivity index is 0.00000121. The molecule has 0 atom stereocenters. The number of hydrogen-bond acceptors (Lipinski definition) is 0. The fraction of sp³-hybridized carbons (Fsp3) is 0.158. The maximum atomic E-state index is 3.67. The third kappa shape index (κ3) is 2.09. The minimum atomic E-state index is 0. The van der Waals surface area contributed by atoms with E-state index in [4.69, 9.17) is 0 Å². The smallest absolute Gasteiger partial charge is 0 e. The van der Waals surface area contributed by atoms with Gasteiger partial charge in [-0.1, -0.05) is 54.5 Å². The van der Waals surface area contributed by atoms with Crippen LogP contribution in [0.2, 0.25) is 0 Å². The standard InChI is InChI=1S/C19H15.Zr/c1-13-10-19-16(11-15-8-4-5-9-17(15)19)12-18(13)14-6-2-3-7-14;/h2-6,8-10H,7,11H2,1H3;/q-1;. The zero-order chi connectivity index (χ0) is 12.8. The fourth-order valence-electron chi connectivity index (χ4n) is 3.17. The summed E-state index contributed by atoms with van der Waals surface area (Å²) in [7, 11) is 0. The van der Waals surface area contributed by atoms with Gasteiger partial charge < -0.3 is 0 Å². The number of allylic oxidation sites excluding steroid dienone is 4. The Kier molecular flexibility index (Phi) is 3.65. The Hall–Kier alpha value is -1.20. The van der Waals surface area contributed by atoms with Gasteiger partial charge in [-0.05, 0) is 18.4 Å². The summed E-state index contributed by atoms with van der Waals surface area (Å²) < 4.78 is 0. The molecule has 0 fully saturated rings. The molecule has 0 spiro atoms. The SMILES string of the molecule is Cc1cc2c([c-]c1C1=CC=CC1)Cc1ccccc1-2.[Zr]. The van der Waals surface area contributed by atoms with Crippen molar-refractivity contribution in [2.45, 2.75) is 19.8 Å². The molecule has 0 bridgehead atoms. The van der Waals surface area contributed by atoms with Crippen molar-refractivity contribution < 1.29 is 26.2 Å². The first kappa shape index (κ1) is 13.8. The molecule has 0 saturated heterocycles. The van der Waals surface area contributed by atoms with Gasteiger partial charge in [-0.15, -0.1) is 40.5 Å². The minimum Gasteiger partial charge on any atom is -0.144 e. The van der Waals surface area contributed by atoms with Crippen LogP contribution < -0.4 is 0 Å². The molecule has 0 nitrogen and oxygen atoms in total. The third-order valence-corrected chi connectivity index (χ3v) is 4.12. The molecule has 0 aliphatic heterocycles. The first-order valence-corrected chi connectivity index (χ1v) is 6.83. The Labute approximate surface area is 139 Å². The van der Waals surface area contributed by atoms with Crippen LogP contribution in [-0.4, -0.2) is 0 Å². The van der Waals surface area contributed by atoms with Crippen LogP contribution in [0.5, 0.6) is 0 Å². The van der Waals surface area contributed by atoms with E-state index in [9.17, 15) is 0 Å². The fourth-order valence-corrected chi connectivity index (χ4v) is 3.17. The topological polar surface area (TPSA) is 0 Å². The zero-order valence-electron chi connectivity index (χ0n) is 11.5. The Bertz CT molecular complexity index is 735. The van der Waals surface area contributed by atoms with E-state index in [1.165, 1.54) is 39.0 Å². The van der Waals surface area contributed by atoms with Crippen LogP contribution in [0, 0.1) is 13.0 Å².